The molecule has 1 aromatic heterocycles. The highest BCUT2D eigenvalue weighted by Gasteiger charge is 2.20. The van der Waals surface area contributed by atoms with Crippen LogP contribution in [-0.2, 0) is 11.3 Å². The molecule has 0 radical (unpaired) electrons. The number of hydrogen-bond donors (Lipinski definition) is 1. The topological polar surface area (TPSA) is 65.4 Å². The van der Waals surface area contributed by atoms with Crippen molar-refractivity contribution in [3.8, 4) is 5.75 Å². The summed E-state index contributed by atoms with van der Waals surface area (Å²) in [6.07, 6.45) is 9.77. The predicted molar refractivity (Wildman–Crippen MR) is 116 cm³/mol. The number of alkyl halides is 1. The molecule has 162 valence electrons. The van der Waals surface area contributed by atoms with Crippen molar-refractivity contribution in [2.75, 3.05) is 12.4 Å². The molecule has 2 atom stereocenters. The molecule has 0 fully saturated rings. The third kappa shape index (κ3) is 5.53. The van der Waals surface area contributed by atoms with Crippen molar-refractivity contribution in [2.24, 2.45) is 5.92 Å². The van der Waals surface area contributed by atoms with Crippen molar-refractivity contribution < 1.29 is 13.9 Å². The molecule has 0 bridgehead atoms. The first kappa shape index (κ1) is 22.2. The SMILES string of the molecule is COc1cn(CC2=CC(F)=CC(Cl)C2)c(NC2=CC(OC(C)C)=CCC2C)nc1=O. The third-order valence-electron chi connectivity index (χ3n) is 4.83. The number of nitrogens with zero attached hydrogens (tertiary/aromatic N) is 2. The van der Waals surface area contributed by atoms with Gasteiger partial charge in [-0.2, -0.15) is 4.98 Å². The molecule has 1 heterocycles. The maximum atomic E-state index is 13.8. The molecule has 6 nitrogen and oxygen atoms in total. The van der Waals surface area contributed by atoms with Crippen LogP contribution in [-0.4, -0.2) is 28.1 Å². The van der Waals surface area contributed by atoms with Crippen LogP contribution in [0, 0.1) is 5.92 Å². The molecule has 1 N–H and O–H groups in total. The molecule has 2 unspecified atom stereocenters. The number of allylic oxidation sites excluding steroid dienone is 7. The molecule has 2 aliphatic carbocycles. The average Bonchev–Trinajstić information content (AvgIpc) is 2.65. The largest absolute Gasteiger partial charge is 0.491 e. The maximum absolute atomic E-state index is 13.8. The fraction of sp³-hybridized carbons (Fsp3) is 0.455. The van der Waals surface area contributed by atoms with Crippen LogP contribution in [0.3, 0.4) is 0 Å². The van der Waals surface area contributed by atoms with Gasteiger partial charge in [0.15, 0.2) is 0 Å². The van der Waals surface area contributed by atoms with Crippen molar-refractivity contribution in [3.63, 3.8) is 0 Å². The van der Waals surface area contributed by atoms with E-state index >= 15 is 0 Å². The molecule has 0 saturated carbocycles. The van der Waals surface area contributed by atoms with E-state index in [4.69, 9.17) is 21.1 Å². The monoisotopic (exact) mass is 435 g/mol. The Morgan fingerprint density at radius 1 is 1.40 bits per heavy atom. The van der Waals surface area contributed by atoms with Gasteiger partial charge in [0, 0.05) is 12.2 Å². The fourth-order valence-corrected chi connectivity index (χ4v) is 3.68. The van der Waals surface area contributed by atoms with Crippen LogP contribution in [0.2, 0.25) is 0 Å². The number of rotatable bonds is 7. The lowest BCUT2D eigenvalue weighted by Crippen LogP contribution is -2.23. The Hall–Kier alpha value is -2.54. The molecule has 30 heavy (non-hydrogen) atoms. The Balaban J connectivity index is 1.93. The molecule has 0 spiro atoms. The molecule has 0 amide bonds. The van der Waals surface area contributed by atoms with Gasteiger partial charge in [-0.3, -0.25) is 4.79 Å². The maximum Gasteiger partial charge on any atom is 0.316 e. The summed E-state index contributed by atoms with van der Waals surface area (Å²) in [4.78, 5) is 16.5. The summed E-state index contributed by atoms with van der Waals surface area (Å²) in [5.41, 5.74) is 1.20. The summed E-state index contributed by atoms with van der Waals surface area (Å²) in [5, 5.41) is 2.87. The van der Waals surface area contributed by atoms with E-state index in [1.54, 1.807) is 10.8 Å². The Morgan fingerprint density at radius 2 is 2.17 bits per heavy atom. The smallest absolute Gasteiger partial charge is 0.316 e. The fourth-order valence-electron chi connectivity index (χ4n) is 3.36. The van der Waals surface area contributed by atoms with Crippen molar-refractivity contribution in [3.05, 3.63) is 63.7 Å². The molecule has 2 aliphatic rings. The minimum absolute atomic E-state index is 0.0594. The van der Waals surface area contributed by atoms with Crippen LogP contribution in [0.15, 0.2) is 58.2 Å². The van der Waals surface area contributed by atoms with Crippen LogP contribution in [0.5, 0.6) is 5.75 Å². The van der Waals surface area contributed by atoms with Gasteiger partial charge >= 0.3 is 5.56 Å². The summed E-state index contributed by atoms with van der Waals surface area (Å²) in [5.74, 6) is 1.08. The highest BCUT2D eigenvalue weighted by molar-refractivity contribution is 6.22. The number of ether oxygens (including phenoxy) is 2. The Bertz CT molecular complexity index is 978. The molecular weight excluding hydrogens is 409 g/mol. The number of anilines is 1. The van der Waals surface area contributed by atoms with Gasteiger partial charge < -0.3 is 19.4 Å². The van der Waals surface area contributed by atoms with Gasteiger partial charge in [-0.15, -0.1) is 11.6 Å². The van der Waals surface area contributed by atoms with Gasteiger partial charge in [0.1, 0.15) is 11.6 Å². The first-order valence-electron chi connectivity index (χ1n) is 9.97. The van der Waals surface area contributed by atoms with Crippen LogP contribution in [0.4, 0.5) is 10.3 Å². The third-order valence-corrected chi connectivity index (χ3v) is 5.11. The van der Waals surface area contributed by atoms with Crippen LogP contribution >= 0.6 is 11.6 Å². The van der Waals surface area contributed by atoms with Gasteiger partial charge in [-0.05, 0) is 62.5 Å². The number of hydrogen-bond acceptors (Lipinski definition) is 5. The van der Waals surface area contributed by atoms with Crippen LogP contribution < -0.4 is 15.6 Å². The van der Waals surface area contributed by atoms with E-state index in [1.807, 2.05) is 26.0 Å². The molecule has 0 aromatic carbocycles. The molecule has 0 saturated heterocycles. The van der Waals surface area contributed by atoms with Gasteiger partial charge in [0.05, 0.1) is 24.8 Å². The van der Waals surface area contributed by atoms with Crippen molar-refractivity contribution >= 4 is 17.5 Å². The van der Waals surface area contributed by atoms with Gasteiger partial charge in [0.2, 0.25) is 11.7 Å². The number of aromatic nitrogens is 2. The standard InChI is InChI=1S/C22H27ClFN3O3/c1-13(2)30-18-6-5-14(3)19(10-18)25-22-26-21(28)20(29-4)12-27(22)11-15-7-16(23)9-17(24)8-15/h6,8-10,12-14,16H,5,7,11H2,1-4H3,(H,25,26,28). The minimum atomic E-state index is -0.478. The lowest BCUT2D eigenvalue weighted by molar-refractivity contribution is 0.155. The van der Waals surface area contributed by atoms with Gasteiger partial charge in [-0.25, -0.2) is 4.39 Å². The zero-order valence-electron chi connectivity index (χ0n) is 17.6. The van der Waals surface area contributed by atoms with E-state index in [0.29, 0.717) is 18.9 Å². The van der Waals surface area contributed by atoms with Gasteiger partial charge in [-0.1, -0.05) is 6.92 Å². The Kier molecular flexibility index (Phi) is 7.02. The molecule has 8 heteroatoms. The summed E-state index contributed by atoms with van der Waals surface area (Å²) in [6, 6.07) is 0. The highest BCUT2D eigenvalue weighted by atomic mass is 35.5. The quantitative estimate of drug-likeness (QED) is 0.629. The lowest BCUT2D eigenvalue weighted by Gasteiger charge is -2.25. The zero-order valence-corrected chi connectivity index (χ0v) is 18.4. The second kappa shape index (κ2) is 9.51. The van der Waals surface area contributed by atoms with E-state index in [0.717, 1.165) is 23.5 Å². The molecule has 0 aliphatic heterocycles. The summed E-state index contributed by atoms with van der Waals surface area (Å²) >= 11 is 6.13. The molecule has 1 aromatic rings. The van der Waals surface area contributed by atoms with Crippen LogP contribution in [0.25, 0.3) is 0 Å². The first-order valence-corrected chi connectivity index (χ1v) is 10.4. The van der Waals surface area contributed by atoms with Crippen molar-refractivity contribution in [2.45, 2.75) is 51.6 Å². The van der Waals surface area contributed by atoms with Crippen molar-refractivity contribution in [1.29, 1.82) is 0 Å². The van der Waals surface area contributed by atoms with E-state index in [1.165, 1.54) is 19.3 Å². The second-order valence-corrected chi connectivity index (χ2v) is 8.34. The normalized spacial score (nSPS) is 21.4. The van der Waals surface area contributed by atoms with E-state index in [9.17, 15) is 9.18 Å². The predicted octanol–water partition coefficient (Wildman–Crippen LogP) is 4.69. The van der Waals surface area contributed by atoms with Gasteiger partial charge in [0.25, 0.3) is 0 Å². The molecule has 3 rings (SSSR count). The number of methoxy groups -OCH3 is 1. The average molecular weight is 436 g/mol. The minimum Gasteiger partial charge on any atom is -0.491 e. The Labute approximate surface area is 180 Å². The Morgan fingerprint density at radius 3 is 2.83 bits per heavy atom. The summed E-state index contributed by atoms with van der Waals surface area (Å²) in [7, 11) is 1.42. The zero-order chi connectivity index (χ0) is 21.8. The number of nitrogens with one attached hydrogen (secondary N) is 1. The second-order valence-electron chi connectivity index (χ2n) is 7.77. The van der Waals surface area contributed by atoms with E-state index in [2.05, 4.69) is 17.2 Å². The van der Waals surface area contributed by atoms with E-state index in [-0.39, 0.29) is 23.6 Å². The van der Waals surface area contributed by atoms with E-state index < -0.39 is 10.9 Å². The van der Waals surface area contributed by atoms with Crippen LogP contribution in [0.1, 0.15) is 33.6 Å². The van der Waals surface area contributed by atoms with Crippen molar-refractivity contribution in [1.82, 2.24) is 9.55 Å². The molecular formula is C22H27ClFN3O3. The first-order chi connectivity index (χ1) is 14.2. The number of halogens is 2. The highest BCUT2D eigenvalue weighted by Crippen LogP contribution is 2.28. The lowest BCUT2D eigenvalue weighted by atomic mass is 9.98. The summed E-state index contributed by atoms with van der Waals surface area (Å²) < 4.78 is 26.5. The summed E-state index contributed by atoms with van der Waals surface area (Å²) in [6.45, 7) is 6.34.